The summed E-state index contributed by atoms with van der Waals surface area (Å²) in [6.45, 7) is 4.47. The summed E-state index contributed by atoms with van der Waals surface area (Å²) in [5.74, 6) is 1.27. The fourth-order valence-electron chi connectivity index (χ4n) is 1.64. The minimum Gasteiger partial charge on any atom is -0.398 e. The highest BCUT2D eigenvalue weighted by Crippen LogP contribution is 2.26. The first-order valence-corrected chi connectivity index (χ1v) is 6.02. The van der Waals surface area contributed by atoms with E-state index in [0.717, 1.165) is 11.3 Å². The highest BCUT2D eigenvalue weighted by atomic mass is 35.5. The van der Waals surface area contributed by atoms with Crippen LogP contribution in [0.4, 0.5) is 11.4 Å². The van der Waals surface area contributed by atoms with Crippen molar-refractivity contribution in [2.24, 2.45) is 0 Å². The summed E-state index contributed by atoms with van der Waals surface area (Å²) in [6, 6.07) is 3.67. The zero-order valence-electron chi connectivity index (χ0n) is 10.3. The van der Waals surface area contributed by atoms with E-state index in [1.165, 1.54) is 0 Å². The van der Waals surface area contributed by atoms with E-state index in [9.17, 15) is 0 Å². The highest BCUT2D eigenvalue weighted by Gasteiger charge is 2.05. The molecule has 0 amide bonds. The zero-order chi connectivity index (χ0) is 13.1. The molecule has 3 N–H and O–H groups in total. The summed E-state index contributed by atoms with van der Waals surface area (Å²) in [6.07, 6.45) is 0.669. The van der Waals surface area contributed by atoms with Crippen LogP contribution in [0.25, 0.3) is 0 Å². The summed E-state index contributed by atoms with van der Waals surface area (Å²) in [5.41, 5.74) is 8.33. The molecule has 2 aromatic rings. The Hall–Kier alpha value is -1.75. The summed E-state index contributed by atoms with van der Waals surface area (Å²) < 4.78 is 5.03. The zero-order valence-corrected chi connectivity index (χ0v) is 11.1. The lowest BCUT2D eigenvalue weighted by molar-refractivity contribution is 0.377. The van der Waals surface area contributed by atoms with E-state index in [1.807, 2.05) is 19.1 Å². The number of halogens is 1. The van der Waals surface area contributed by atoms with Crippen LogP contribution in [-0.2, 0) is 6.42 Å². The van der Waals surface area contributed by atoms with Crippen molar-refractivity contribution < 1.29 is 4.52 Å². The Kier molecular flexibility index (Phi) is 3.72. The van der Waals surface area contributed by atoms with Gasteiger partial charge in [-0.1, -0.05) is 16.8 Å². The second-order valence-corrected chi connectivity index (χ2v) is 4.51. The maximum absolute atomic E-state index is 5.98. The van der Waals surface area contributed by atoms with Crippen LogP contribution in [0.15, 0.2) is 16.7 Å². The average Bonchev–Trinajstić information content (AvgIpc) is 2.71. The lowest BCUT2D eigenvalue weighted by Crippen LogP contribution is -2.06. The van der Waals surface area contributed by atoms with Gasteiger partial charge >= 0.3 is 0 Å². The van der Waals surface area contributed by atoms with E-state index < -0.39 is 0 Å². The van der Waals surface area contributed by atoms with E-state index >= 15 is 0 Å². The van der Waals surface area contributed by atoms with Crippen LogP contribution >= 0.6 is 11.6 Å². The lowest BCUT2D eigenvalue weighted by Gasteiger charge is -2.10. The highest BCUT2D eigenvalue weighted by molar-refractivity contribution is 6.33. The number of nitrogens with zero attached hydrogens (tertiary/aromatic N) is 2. The van der Waals surface area contributed by atoms with Gasteiger partial charge in [0.05, 0.1) is 10.7 Å². The number of nitrogen functional groups attached to an aromatic ring is 1. The molecule has 6 heteroatoms. The normalized spacial score (nSPS) is 10.6. The number of aromatic nitrogens is 2. The van der Waals surface area contributed by atoms with Gasteiger partial charge in [-0.05, 0) is 31.5 Å². The van der Waals surface area contributed by atoms with Crippen LogP contribution in [0.2, 0.25) is 5.02 Å². The van der Waals surface area contributed by atoms with Gasteiger partial charge in [-0.25, -0.2) is 0 Å². The van der Waals surface area contributed by atoms with Crippen LogP contribution in [0, 0.1) is 13.8 Å². The molecule has 0 aliphatic heterocycles. The average molecular weight is 267 g/mol. The van der Waals surface area contributed by atoms with Crippen LogP contribution in [0.5, 0.6) is 0 Å². The molecule has 0 fully saturated rings. The third-order valence-corrected chi connectivity index (χ3v) is 2.89. The third kappa shape index (κ3) is 2.92. The number of hydrogen-bond donors (Lipinski definition) is 2. The van der Waals surface area contributed by atoms with Gasteiger partial charge in [0, 0.05) is 18.7 Å². The Bertz CT molecular complexity index is 553. The fraction of sp³-hybridized carbons (Fsp3) is 0.333. The van der Waals surface area contributed by atoms with Crippen LogP contribution < -0.4 is 11.1 Å². The van der Waals surface area contributed by atoms with Gasteiger partial charge in [-0.3, -0.25) is 0 Å². The molecule has 96 valence electrons. The summed E-state index contributed by atoms with van der Waals surface area (Å²) in [7, 11) is 0. The molecule has 0 bridgehead atoms. The number of aryl methyl sites for hydroxylation is 2. The molecule has 0 saturated carbocycles. The first-order valence-electron chi connectivity index (χ1n) is 5.65. The summed E-state index contributed by atoms with van der Waals surface area (Å²) in [5, 5.41) is 7.56. The van der Waals surface area contributed by atoms with Gasteiger partial charge in [0.2, 0.25) is 5.89 Å². The largest absolute Gasteiger partial charge is 0.398 e. The molecule has 0 radical (unpaired) electrons. The van der Waals surface area contributed by atoms with E-state index in [-0.39, 0.29) is 0 Å². The van der Waals surface area contributed by atoms with Crippen LogP contribution in [-0.4, -0.2) is 16.7 Å². The van der Waals surface area contributed by atoms with Crippen molar-refractivity contribution in [2.75, 3.05) is 17.6 Å². The van der Waals surface area contributed by atoms with Crippen molar-refractivity contribution in [1.82, 2.24) is 10.1 Å². The van der Waals surface area contributed by atoms with Crippen molar-refractivity contribution in [3.8, 4) is 0 Å². The molecule has 0 saturated heterocycles. The Morgan fingerprint density at radius 1 is 1.39 bits per heavy atom. The number of anilines is 2. The SMILES string of the molecule is Cc1noc(CCNc2cc(Cl)c(N)cc2C)n1. The van der Waals surface area contributed by atoms with Crippen molar-refractivity contribution in [3.05, 3.63) is 34.4 Å². The number of nitrogens with two attached hydrogens (primary N) is 1. The van der Waals surface area contributed by atoms with Gasteiger partial charge < -0.3 is 15.6 Å². The molecule has 5 nitrogen and oxygen atoms in total. The second-order valence-electron chi connectivity index (χ2n) is 4.10. The summed E-state index contributed by atoms with van der Waals surface area (Å²) in [4.78, 5) is 4.13. The second kappa shape index (κ2) is 5.27. The molecule has 0 aliphatic rings. The maximum Gasteiger partial charge on any atom is 0.228 e. The Morgan fingerprint density at radius 2 is 2.17 bits per heavy atom. The van der Waals surface area contributed by atoms with Crippen LogP contribution in [0.3, 0.4) is 0 Å². The number of nitrogens with one attached hydrogen (secondary N) is 1. The molecule has 0 unspecified atom stereocenters. The van der Waals surface area contributed by atoms with Gasteiger partial charge in [-0.2, -0.15) is 4.98 Å². The number of hydrogen-bond acceptors (Lipinski definition) is 5. The molecular weight excluding hydrogens is 252 g/mol. The van der Waals surface area contributed by atoms with E-state index in [4.69, 9.17) is 21.9 Å². The fourth-order valence-corrected chi connectivity index (χ4v) is 1.80. The molecule has 0 atom stereocenters. The Morgan fingerprint density at radius 3 is 2.83 bits per heavy atom. The Labute approximate surface area is 110 Å². The molecular formula is C12H15ClN4O. The Balaban J connectivity index is 1.96. The quantitative estimate of drug-likeness (QED) is 0.832. The predicted molar refractivity (Wildman–Crippen MR) is 71.8 cm³/mol. The first kappa shape index (κ1) is 12.7. The number of rotatable bonds is 4. The van der Waals surface area contributed by atoms with E-state index in [2.05, 4.69) is 15.5 Å². The monoisotopic (exact) mass is 266 g/mol. The van der Waals surface area contributed by atoms with Gasteiger partial charge in [-0.15, -0.1) is 0 Å². The standard InChI is InChI=1S/C12H15ClN4O/c1-7-5-10(14)9(13)6-11(7)15-4-3-12-16-8(2)17-18-12/h5-6,15H,3-4,14H2,1-2H3. The van der Waals surface area contributed by atoms with Gasteiger partial charge in [0.25, 0.3) is 0 Å². The van der Waals surface area contributed by atoms with Crippen molar-refractivity contribution in [1.29, 1.82) is 0 Å². The minimum atomic E-state index is 0.553. The smallest absolute Gasteiger partial charge is 0.228 e. The topological polar surface area (TPSA) is 77.0 Å². The van der Waals surface area contributed by atoms with Crippen LogP contribution in [0.1, 0.15) is 17.3 Å². The van der Waals surface area contributed by atoms with Crippen molar-refractivity contribution in [3.63, 3.8) is 0 Å². The number of benzene rings is 1. The van der Waals surface area contributed by atoms with Crippen molar-refractivity contribution in [2.45, 2.75) is 20.3 Å². The maximum atomic E-state index is 5.98. The minimum absolute atomic E-state index is 0.553. The molecule has 0 aliphatic carbocycles. The first-order chi connectivity index (χ1) is 8.56. The van der Waals surface area contributed by atoms with Gasteiger partial charge in [0.1, 0.15) is 0 Å². The van der Waals surface area contributed by atoms with E-state index in [0.29, 0.717) is 35.4 Å². The molecule has 1 heterocycles. The van der Waals surface area contributed by atoms with Crippen molar-refractivity contribution >= 4 is 23.0 Å². The molecule has 1 aromatic heterocycles. The van der Waals surface area contributed by atoms with Gasteiger partial charge in [0.15, 0.2) is 5.82 Å². The molecule has 1 aromatic carbocycles. The van der Waals surface area contributed by atoms with E-state index in [1.54, 1.807) is 6.92 Å². The molecule has 18 heavy (non-hydrogen) atoms. The lowest BCUT2D eigenvalue weighted by atomic mass is 10.1. The molecule has 0 spiro atoms. The third-order valence-electron chi connectivity index (χ3n) is 2.57. The predicted octanol–water partition coefficient (Wildman–Crippen LogP) is 2.58. The summed E-state index contributed by atoms with van der Waals surface area (Å²) >= 11 is 5.98. The molecule has 2 rings (SSSR count).